The largest absolute Gasteiger partial charge is 0.476 e. The second kappa shape index (κ2) is 7.15. The number of amides is 2. The minimum absolute atomic E-state index is 0.164. The maximum Gasteiger partial charge on any atom is 0.270 e. The topological polar surface area (TPSA) is 58.6 Å². The first-order valence-electron chi connectivity index (χ1n) is 8.48. The number of hydrogen-bond donors (Lipinski definition) is 1. The molecule has 26 heavy (non-hydrogen) atoms. The summed E-state index contributed by atoms with van der Waals surface area (Å²) in [7, 11) is 0. The van der Waals surface area contributed by atoms with E-state index in [0.29, 0.717) is 18.0 Å². The maximum atomic E-state index is 12.9. The van der Waals surface area contributed by atoms with Crippen LogP contribution >= 0.6 is 0 Å². The molecule has 0 saturated carbocycles. The first kappa shape index (κ1) is 17.9. The molecule has 0 atom stereocenters. The van der Waals surface area contributed by atoms with Gasteiger partial charge in [-0.25, -0.2) is 4.39 Å². The van der Waals surface area contributed by atoms with E-state index < -0.39 is 5.60 Å². The number of benzene rings is 2. The predicted octanol–water partition coefficient (Wildman–Crippen LogP) is 3.04. The summed E-state index contributed by atoms with van der Waals surface area (Å²) >= 11 is 0. The van der Waals surface area contributed by atoms with Gasteiger partial charge in [-0.05, 0) is 43.7 Å². The molecule has 1 heterocycles. The van der Waals surface area contributed by atoms with E-state index in [9.17, 15) is 14.0 Å². The highest BCUT2D eigenvalue weighted by molar-refractivity contribution is 6.02. The average molecular weight is 356 g/mol. The second-order valence-corrected chi connectivity index (χ2v) is 6.69. The zero-order valence-electron chi connectivity index (χ0n) is 14.8. The number of nitrogens with one attached hydrogen (secondary N) is 1. The molecule has 0 fully saturated rings. The number of ether oxygens (including phenoxy) is 1. The molecule has 3 rings (SSSR count). The summed E-state index contributed by atoms with van der Waals surface area (Å²) < 4.78 is 18.7. The second-order valence-electron chi connectivity index (χ2n) is 6.69. The minimum atomic E-state index is -0.973. The summed E-state index contributed by atoms with van der Waals surface area (Å²) in [6, 6.07) is 13.2. The summed E-state index contributed by atoms with van der Waals surface area (Å²) in [5.74, 6) is -0.0394. The fourth-order valence-electron chi connectivity index (χ4n) is 2.85. The fraction of sp³-hybridized carbons (Fsp3) is 0.300. The molecule has 6 heteroatoms. The van der Waals surface area contributed by atoms with Gasteiger partial charge in [0.2, 0.25) is 5.91 Å². The maximum absolute atomic E-state index is 12.9. The van der Waals surface area contributed by atoms with Gasteiger partial charge in [-0.2, -0.15) is 0 Å². The molecule has 0 unspecified atom stereocenters. The Hall–Kier alpha value is -2.89. The molecule has 2 aromatic rings. The monoisotopic (exact) mass is 356 g/mol. The molecular weight excluding hydrogens is 335 g/mol. The van der Waals surface area contributed by atoms with Gasteiger partial charge in [-0.1, -0.05) is 24.3 Å². The number of para-hydroxylation sites is 2. The standard InChI is InChI=1S/C20H21FN2O3/c1-20(2)19(25)23(16-5-3-4-6-17(16)26-20)12-11-18(24)22-13-14-7-9-15(21)10-8-14/h3-10H,11-13H2,1-2H3,(H,22,24). The summed E-state index contributed by atoms with van der Waals surface area (Å²) in [6.07, 6.45) is 0.164. The number of carbonyl (C=O) groups is 2. The van der Waals surface area contributed by atoms with Gasteiger partial charge in [0.05, 0.1) is 5.69 Å². The number of nitrogens with zero attached hydrogens (tertiary/aromatic N) is 1. The molecule has 0 saturated heterocycles. The van der Waals surface area contributed by atoms with Crippen LogP contribution < -0.4 is 15.0 Å². The number of fused-ring (bicyclic) bond motifs is 1. The van der Waals surface area contributed by atoms with E-state index in [0.717, 1.165) is 5.56 Å². The number of rotatable bonds is 5. The number of anilines is 1. The van der Waals surface area contributed by atoms with Crippen molar-refractivity contribution in [3.8, 4) is 5.75 Å². The van der Waals surface area contributed by atoms with Crippen molar-refractivity contribution < 1.29 is 18.7 Å². The molecule has 0 radical (unpaired) electrons. The van der Waals surface area contributed by atoms with E-state index in [4.69, 9.17) is 4.74 Å². The van der Waals surface area contributed by atoms with E-state index in [2.05, 4.69) is 5.32 Å². The average Bonchev–Trinajstić information content (AvgIpc) is 2.61. The summed E-state index contributed by atoms with van der Waals surface area (Å²) in [6.45, 7) is 4.01. The molecule has 0 bridgehead atoms. The minimum Gasteiger partial charge on any atom is -0.476 e. The molecule has 2 aromatic carbocycles. The molecule has 1 aliphatic heterocycles. The summed E-state index contributed by atoms with van der Waals surface area (Å²) in [4.78, 5) is 26.4. The summed E-state index contributed by atoms with van der Waals surface area (Å²) in [5.41, 5.74) is 0.510. The van der Waals surface area contributed by atoms with Gasteiger partial charge in [0.15, 0.2) is 5.60 Å². The van der Waals surface area contributed by atoms with E-state index >= 15 is 0 Å². The van der Waals surface area contributed by atoms with Gasteiger partial charge in [-0.15, -0.1) is 0 Å². The highest BCUT2D eigenvalue weighted by atomic mass is 19.1. The zero-order valence-corrected chi connectivity index (χ0v) is 14.8. The van der Waals surface area contributed by atoms with Gasteiger partial charge < -0.3 is 15.0 Å². The van der Waals surface area contributed by atoms with Crippen molar-refractivity contribution in [2.75, 3.05) is 11.4 Å². The van der Waals surface area contributed by atoms with Crippen LogP contribution in [0.2, 0.25) is 0 Å². The Balaban J connectivity index is 1.62. The lowest BCUT2D eigenvalue weighted by Crippen LogP contribution is -2.53. The Labute approximate surface area is 151 Å². The van der Waals surface area contributed by atoms with Crippen molar-refractivity contribution in [3.05, 3.63) is 59.9 Å². The Kier molecular flexibility index (Phi) is 4.93. The van der Waals surface area contributed by atoms with Crippen LogP contribution in [-0.2, 0) is 16.1 Å². The first-order chi connectivity index (χ1) is 12.4. The van der Waals surface area contributed by atoms with Crippen LogP contribution in [0.5, 0.6) is 5.75 Å². The first-order valence-corrected chi connectivity index (χ1v) is 8.48. The molecule has 0 aromatic heterocycles. The highest BCUT2D eigenvalue weighted by Gasteiger charge is 2.40. The molecule has 1 aliphatic rings. The zero-order chi connectivity index (χ0) is 18.7. The summed E-state index contributed by atoms with van der Waals surface area (Å²) in [5, 5.41) is 2.79. The Morgan fingerprint density at radius 1 is 1.15 bits per heavy atom. The Morgan fingerprint density at radius 2 is 1.85 bits per heavy atom. The van der Waals surface area contributed by atoms with Crippen LogP contribution in [0, 0.1) is 5.82 Å². The Morgan fingerprint density at radius 3 is 2.58 bits per heavy atom. The van der Waals surface area contributed by atoms with E-state index in [1.165, 1.54) is 12.1 Å². The van der Waals surface area contributed by atoms with Crippen molar-refractivity contribution in [1.29, 1.82) is 0 Å². The third-order valence-electron chi connectivity index (χ3n) is 4.25. The molecule has 136 valence electrons. The van der Waals surface area contributed by atoms with E-state index in [-0.39, 0.29) is 30.6 Å². The van der Waals surface area contributed by atoms with Gasteiger partial charge in [-0.3, -0.25) is 9.59 Å². The van der Waals surface area contributed by atoms with Crippen molar-refractivity contribution >= 4 is 17.5 Å². The van der Waals surface area contributed by atoms with Gasteiger partial charge >= 0.3 is 0 Å². The van der Waals surface area contributed by atoms with Gasteiger partial charge in [0.1, 0.15) is 11.6 Å². The third-order valence-corrected chi connectivity index (χ3v) is 4.25. The van der Waals surface area contributed by atoms with Crippen LogP contribution in [0.25, 0.3) is 0 Å². The lowest BCUT2D eigenvalue weighted by molar-refractivity contribution is -0.132. The van der Waals surface area contributed by atoms with Gasteiger partial charge in [0, 0.05) is 19.5 Å². The normalized spacial score (nSPS) is 15.2. The van der Waals surface area contributed by atoms with Crippen molar-refractivity contribution in [2.45, 2.75) is 32.4 Å². The Bertz CT molecular complexity index is 818. The van der Waals surface area contributed by atoms with Crippen LogP contribution in [0.15, 0.2) is 48.5 Å². The number of carbonyl (C=O) groups excluding carboxylic acids is 2. The van der Waals surface area contributed by atoms with Crippen LogP contribution in [0.4, 0.5) is 10.1 Å². The van der Waals surface area contributed by atoms with Gasteiger partial charge in [0.25, 0.3) is 5.91 Å². The van der Waals surface area contributed by atoms with Crippen LogP contribution in [0.3, 0.4) is 0 Å². The quantitative estimate of drug-likeness (QED) is 0.896. The lowest BCUT2D eigenvalue weighted by Gasteiger charge is -2.38. The predicted molar refractivity (Wildman–Crippen MR) is 96.4 cm³/mol. The molecule has 0 spiro atoms. The molecule has 5 nitrogen and oxygen atoms in total. The van der Waals surface area contributed by atoms with E-state index in [1.807, 2.05) is 18.2 Å². The molecular formula is C20H21FN2O3. The van der Waals surface area contributed by atoms with Crippen LogP contribution in [-0.4, -0.2) is 24.0 Å². The SMILES string of the molecule is CC1(C)Oc2ccccc2N(CCC(=O)NCc2ccc(F)cc2)C1=O. The third kappa shape index (κ3) is 3.85. The van der Waals surface area contributed by atoms with Crippen LogP contribution in [0.1, 0.15) is 25.8 Å². The number of hydrogen-bond acceptors (Lipinski definition) is 3. The number of halogens is 1. The highest BCUT2D eigenvalue weighted by Crippen LogP contribution is 2.37. The van der Waals surface area contributed by atoms with Crippen molar-refractivity contribution in [3.63, 3.8) is 0 Å². The molecule has 0 aliphatic carbocycles. The lowest BCUT2D eigenvalue weighted by atomic mass is 10.0. The van der Waals surface area contributed by atoms with Crippen molar-refractivity contribution in [1.82, 2.24) is 5.32 Å². The smallest absolute Gasteiger partial charge is 0.270 e. The molecule has 2 amide bonds. The fourth-order valence-corrected chi connectivity index (χ4v) is 2.85. The van der Waals surface area contributed by atoms with E-state index in [1.54, 1.807) is 36.9 Å². The molecule has 1 N–H and O–H groups in total. The van der Waals surface area contributed by atoms with Crippen molar-refractivity contribution in [2.24, 2.45) is 0 Å².